The van der Waals surface area contributed by atoms with Gasteiger partial charge in [-0.3, -0.25) is 9.48 Å². The Kier molecular flexibility index (Phi) is 13.2. The van der Waals surface area contributed by atoms with E-state index in [9.17, 15) is 19.2 Å². The van der Waals surface area contributed by atoms with Crippen LogP contribution in [-0.2, 0) is 48.8 Å². The minimum Gasteiger partial charge on any atom is -0.478 e. The molecule has 6 N–H and O–H groups in total. The third-order valence-electron chi connectivity index (χ3n) is 10.6. The topological polar surface area (TPSA) is 226 Å². The Labute approximate surface area is 343 Å². The molecule has 15 heteroatoms. The number of nitrogens with two attached hydrogens (primary N) is 2. The smallest absolute Gasteiger partial charge is 0.410 e. The fraction of sp³-hybridized carbons (Fsp3) is 0.409. The van der Waals surface area contributed by atoms with Crippen LogP contribution in [0.5, 0.6) is 0 Å². The Morgan fingerprint density at radius 3 is 1.71 bits per heavy atom. The highest BCUT2D eigenvalue weighted by atomic mass is 16.6. The van der Waals surface area contributed by atoms with Crippen LogP contribution in [0.4, 0.5) is 4.79 Å². The zero-order valence-electron chi connectivity index (χ0n) is 34.1. The van der Waals surface area contributed by atoms with Gasteiger partial charge in [-0.15, -0.1) is 0 Å². The zero-order valence-corrected chi connectivity index (χ0v) is 34.1. The lowest BCUT2D eigenvalue weighted by Gasteiger charge is -2.30. The summed E-state index contributed by atoms with van der Waals surface area (Å²) in [7, 11) is 1.38. The lowest BCUT2D eigenvalue weighted by molar-refractivity contribution is -0.191. The number of rotatable bonds is 7. The van der Waals surface area contributed by atoms with Crippen molar-refractivity contribution in [2.75, 3.05) is 13.7 Å². The molecule has 0 bridgehead atoms. The normalized spacial score (nSPS) is 16.9. The third-order valence-corrected chi connectivity index (χ3v) is 10.6. The number of ether oxygens (including phenoxy) is 2. The highest BCUT2D eigenvalue weighted by molar-refractivity contribution is 5.96. The monoisotopic (exact) mass is 808 g/mol. The average Bonchev–Trinajstić information content (AvgIpc) is 4.18. The van der Waals surface area contributed by atoms with Crippen LogP contribution in [0.15, 0.2) is 79.0 Å². The molecule has 4 aromatic rings. The molecule has 3 aliphatic carbocycles. The minimum atomic E-state index is -0.895. The maximum atomic E-state index is 13.1. The van der Waals surface area contributed by atoms with Gasteiger partial charge in [-0.2, -0.15) is 14.7 Å². The van der Waals surface area contributed by atoms with Crippen LogP contribution in [0.3, 0.4) is 0 Å². The summed E-state index contributed by atoms with van der Waals surface area (Å²) in [6.07, 6.45) is 7.40. The van der Waals surface area contributed by atoms with E-state index in [1.165, 1.54) is 12.7 Å². The fourth-order valence-electron chi connectivity index (χ4n) is 6.53. The molecule has 0 saturated heterocycles. The zero-order chi connectivity index (χ0) is 43.2. The number of carbonyl (C=O) groups is 4. The number of fused-ring (bicyclic) bond motifs is 1. The van der Waals surface area contributed by atoms with E-state index in [1.807, 2.05) is 32.9 Å². The van der Waals surface area contributed by atoms with Gasteiger partial charge < -0.3 is 36.3 Å². The quantitative estimate of drug-likeness (QED) is 0.169. The lowest BCUT2D eigenvalue weighted by Crippen LogP contribution is -2.42. The molecule has 59 heavy (non-hydrogen) atoms. The number of aryl methyl sites for hydroxylation is 1. The first kappa shape index (κ1) is 44.0. The fourth-order valence-corrected chi connectivity index (χ4v) is 6.53. The molecule has 0 unspecified atom stereocenters. The Morgan fingerprint density at radius 1 is 0.780 bits per heavy atom. The van der Waals surface area contributed by atoms with Crippen LogP contribution in [0, 0.1) is 6.92 Å². The highest BCUT2D eigenvalue weighted by Gasteiger charge is 2.46. The van der Waals surface area contributed by atoms with Crippen LogP contribution in [0.2, 0.25) is 0 Å². The molecule has 1 aliphatic heterocycles. The molecule has 0 atom stereocenters. The van der Waals surface area contributed by atoms with Crippen molar-refractivity contribution in [2.45, 2.75) is 102 Å². The Hall–Kier alpha value is -6.15. The van der Waals surface area contributed by atoms with Crippen molar-refractivity contribution in [3.05, 3.63) is 124 Å². The summed E-state index contributed by atoms with van der Waals surface area (Å²) >= 11 is 0. The second-order valence-electron chi connectivity index (χ2n) is 16.4. The summed E-state index contributed by atoms with van der Waals surface area (Å²) in [6.45, 7) is 8.96. The molecule has 0 spiro atoms. The number of carboxylic acids is 1. The van der Waals surface area contributed by atoms with Crippen molar-refractivity contribution >= 4 is 30.1 Å². The van der Waals surface area contributed by atoms with Crippen LogP contribution in [-0.4, -0.2) is 69.1 Å². The number of esters is 1. The number of aromatic carboxylic acids is 1. The van der Waals surface area contributed by atoms with Gasteiger partial charge in [0.25, 0.3) is 5.91 Å². The first-order chi connectivity index (χ1) is 27.9. The van der Waals surface area contributed by atoms with Crippen LogP contribution >= 0.6 is 0 Å². The molecule has 0 radical (unpaired) electrons. The van der Waals surface area contributed by atoms with E-state index < -0.39 is 11.6 Å². The summed E-state index contributed by atoms with van der Waals surface area (Å²) in [5, 5.41) is 16.2. The van der Waals surface area contributed by atoms with E-state index in [0.717, 1.165) is 60.9 Å². The molecule has 312 valence electrons. The first-order valence-corrected chi connectivity index (χ1v) is 19.4. The van der Waals surface area contributed by atoms with Crippen LogP contribution in [0.1, 0.15) is 118 Å². The second-order valence-corrected chi connectivity index (χ2v) is 16.4. The number of hydrogen-bond donors (Lipinski definition) is 4. The Morgan fingerprint density at radius 2 is 1.27 bits per heavy atom. The van der Waals surface area contributed by atoms with Gasteiger partial charge in [0.1, 0.15) is 5.60 Å². The minimum absolute atomic E-state index is 0.130. The largest absolute Gasteiger partial charge is 0.478 e. The number of methoxy groups -OCH3 is 1. The van der Waals surface area contributed by atoms with Crippen molar-refractivity contribution in [3.63, 3.8) is 0 Å². The van der Waals surface area contributed by atoms with Crippen molar-refractivity contribution in [1.82, 2.24) is 20.0 Å². The van der Waals surface area contributed by atoms with Crippen molar-refractivity contribution in [2.24, 2.45) is 11.5 Å². The van der Waals surface area contributed by atoms with Gasteiger partial charge in [0.2, 0.25) is 0 Å². The summed E-state index contributed by atoms with van der Waals surface area (Å²) in [5.74, 6) is -1.35. The summed E-state index contributed by atoms with van der Waals surface area (Å²) < 4.78 is 11.9. The van der Waals surface area contributed by atoms with E-state index in [-0.39, 0.29) is 40.7 Å². The molecule has 3 aromatic carbocycles. The molecular formula is C44H52N6O9. The van der Waals surface area contributed by atoms with Gasteiger partial charge in [0.15, 0.2) is 0 Å². The van der Waals surface area contributed by atoms with Crippen LogP contribution < -0.4 is 16.8 Å². The highest BCUT2D eigenvalue weighted by Crippen LogP contribution is 2.46. The van der Waals surface area contributed by atoms with Gasteiger partial charge in [-0.05, 0) is 107 Å². The number of nitrogens with zero attached hydrogens (tertiary/aromatic N) is 3. The van der Waals surface area contributed by atoms with E-state index >= 15 is 0 Å². The number of nitrogens with one attached hydrogen (secondary N) is 1. The molecule has 2 amide bonds. The summed E-state index contributed by atoms with van der Waals surface area (Å²) in [4.78, 5) is 65.1. The molecule has 3 fully saturated rings. The summed E-state index contributed by atoms with van der Waals surface area (Å²) in [6, 6.07) is 22.4. The standard InChI is InChI=1S/C22H28N4O3.C11H13NO2.C10H11NO2.CO2/c1-15-5-7-16(8-6-15)22(9-10-22)24-19(27)17-13-23-26-12-11-25(14-18(17)26)20(28)29-21(2,3)4;1-14-10(13)8-2-4-9(5-3-8)11(12)6-7-11;11-10(5-6-10)8-3-1-7(2-4-8)9(12)13;2-1-3/h5-8,13H,9-12,14H2,1-4H3,(H,24,27);2-5H,6-7,12H2,1H3;1-4H,5-6,11H2,(H,12,13);. The molecule has 4 aliphatic rings. The van der Waals surface area contributed by atoms with Gasteiger partial charge in [-0.1, -0.05) is 54.1 Å². The van der Waals surface area contributed by atoms with Crippen LogP contribution in [0.25, 0.3) is 0 Å². The Bertz CT molecular complexity index is 2170. The van der Waals surface area contributed by atoms with Gasteiger partial charge in [0.05, 0.1) is 54.3 Å². The maximum Gasteiger partial charge on any atom is 0.410 e. The molecule has 1 aromatic heterocycles. The predicted molar refractivity (Wildman–Crippen MR) is 215 cm³/mol. The van der Waals surface area contributed by atoms with Crippen molar-refractivity contribution in [3.8, 4) is 0 Å². The number of carboxylic acid groups (broad SMARTS) is 1. The maximum absolute atomic E-state index is 13.1. The van der Waals surface area contributed by atoms with E-state index in [0.29, 0.717) is 36.3 Å². The van der Waals surface area contributed by atoms with Crippen molar-refractivity contribution < 1.29 is 43.3 Å². The molecule has 3 saturated carbocycles. The molecule has 15 nitrogen and oxygen atoms in total. The molecule has 2 heterocycles. The van der Waals surface area contributed by atoms with E-state index in [1.54, 1.807) is 52.2 Å². The van der Waals surface area contributed by atoms with Crippen molar-refractivity contribution in [1.29, 1.82) is 0 Å². The lowest BCUT2D eigenvalue weighted by atomic mass is 10.0. The predicted octanol–water partition coefficient (Wildman–Crippen LogP) is 5.53. The van der Waals surface area contributed by atoms with E-state index in [2.05, 4.69) is 46.3 Å². The number of benzene rings is 3. The molecule has 8 rings (SSSR count). The number of carbonyl (C=O) groups excluding carboxylic acids is 5. The third kappa shape index (κ3) is 11.3. The SMILES string of the molecule is COC(=O)c1ccc(C2(N)CC2)cc1.Cc1ccc(C2(NC(=O)c3cnn4c3CN(C(=O)OC(C)(C)C)CC4)CC2)cc1.NC1(c2ccc(C(=O)O)cc2)CC1.O=C=O. The Balaban J connectivity index is 0.000000183. The van der Waals surface area contributed by atoms with Gasteiger partial charge >= 0.3 is 24.2 Å². The molecular weight excluding hydrogens is 757 g/mol. The average molecular weight is 809 g/mol. The second kappa shape index (κ2) is 17.8. The number of hydrogen-bond acceptors (Lipinski definition) is 11. The van der Waals surface area contributed by atoms with Gasteiger partial charge in [-0.25, -0.2) is 14.4 Å². The summed E-state index contributed by atoms with van der Waals surface area (Å²) in [5.41, 5.74) is 17.4. The van der Waals surface area contributed by atoms with Gasteiger partial charge in [0, 0.05) is 17.6 Å². The number of aromatic nitrogens is 2. The van der Waals surface area contributed by atoms with E-state index in [4.69, 9.17) is 30.9 Å². The number of amides is 2. The first-order valence-electron chi connectivity index (χ1n) is 19.4.